The average molecular weight is 355 g/mol. The maximum absolute atomic E-state index is 12.8. The number of rotatable bonds is 5. The molecule has 1 N–H and O–H groups in total. The lowest BCUT2D eigenvalue weighted by atomic mass is 9.92. The summed E-state index contributed by atoms with van der Waals surface area (Å²) in [6.07, 6.45) is -1.46. The Morgan fingerprint density at radius 3 is 2.35 bits per heavy atom. The lowest BCUT2D eigenvalue weighted by Gasteiger charge is -2.27. The number of aliphatic hydroxyl groups is 1. The van der Waals surface area contributed by atoms with Crippen molar-refractivity contribution in [3.63, 3.8) is 0 Å². The van der Waals surface area contributed by atoms with Gasteiger partial charge < -0.3 is 19.5 Å². The van der Waals surface area contributed by atoms with E-state index in [1.165, 1.54) is 4.90 Å². The summed E-state index contributed by atoms with van der Waals surface area (Å²) in [5, 5.41) is 10.5. The molecule has 0 bridgehead atoms. The molecule has 0 saturated carbocycles. The standard InChI is InChI=1S/C20H21NO5/c1-3-26-20(24)16-17(13-7-5-4-6-8-13)21(19(23)18(16)22)14-9-11-15(25-2)12-10-14/h4-12,16-18,22H,3H2,1-2H3/t16-,17-,18+/m1/s1. The Balaban J connectivity index is 2.07. The number of amides is 1. The van der Waals surface area contributed by atoms with Crippen LogP contribution in [-0.4, -0.2) is 36.8 Å². The Hall–Kier alpha value is -2.86. The van der Waals surface area contributed by atoms with E-state index in [-0.39, 0.29) is 6.61 Å². The van der Waals surface area contributed by atoms with Crippen LogP contribution in [0.1, 0.15) is 18.5 Å². The van der Waals surface area contributed by atoms with Gasteiger partial charge in [0, 0.05) is 5.69 Å². The first-order chi connectivity index (χ1) is 12.6. The third kappa shape index (κ3) is 3.15. The molecule has 0 unspecified atom stereocenters. The van der Waals surface area contributed by atoms with Gasteiger partial charge in [0.15, 0.2) is 0 Å². The second kappa shape index (κ2) is 7.58. The quantitative estimate of drug-likeness (QED) is 0.833. The molecule has 1 aliphatic heterocycles. The zero-order valence-corrected chi connectivity index (χ0v) is 14.7. The SMILES string of the molecule is CCOC(=O)[C@H]1[C@H](O)C(=O)N(c2ccc(OC)cc2)[C@@H]1c1ccccc1. The molecule has 3 rings (SSSR count). The fourth-order valence-corrected chi connectivity index (χ4v) is 3.30. The van der Waals surface area contributed by atoms with Crippen molar-refractivity contribution in [3.8, 4) is 5.75 Å². The summed E-state index contributed by atoms with van der Waals surface area (Å²) in [4.78, 5) is 26.7. The fourth-order valence-electron chi connectivity index (χ4n) is 3.30. The predicted molar refractivity (Wildman–Crippen MR) is 95.8 cm³/mol. The molecule has 136 valence electrons. The number of nitrogens with zero attached hydrogens (tertiary/aromatic N) is 1. The van der Waals surface area contributed by atoms with Crippen molar-refractivity contribution in [2.75, 3.05) is 18.6 Å². The number of methoxy groups -OCH3 is 1. The molecule has 0 aliphatic carbocycles. The summed E-state index contributed by atoms with van der Waals surface area (Å²) in [6, 6.07) is 15.5. The van der Waals surface area contributed by atoms with Crippen LogP contribution in [0.3, 0.4) is 0 Å². The molecule has 1 heterocycles. The number of hydrogen-bond acceptors (Lipinski definition) is 5. The fraction of sp³-hybridized carbons (Fsp3) is 0.300. The molecule has 0 aromatic heterocycles. The summed E-state index contributed by atoms with van der Waals surface area (Å²) < 4.78 is 10.3. The Kier molecular flexibility index (Phi) is 5.23. The lowest BCUT2D eigenvalue weighted by Crippen LogP contribution is -2.31. The first kappa shape index (κ1) is 17.9. The molecule has 26 heavy (non-hydrogen) atoms. The first-order valence-electron chi connectivity index (χ1n) is 8.45. The van der Waals surface area contributed by atoms with Gasteiger partial charge in [0.25, 0.3) is 5.91 Å². The average Bonchev–Trinajstić information content (AvgIpc) is 2.94. The molecule has 1 amide bonds. The smallest absolute Gasteiger partial charge is 0.314 e. The van der Waals surface area contributed by atoms with Gasteiger partial charge >= 0.3 is 5.97 Å². The third-order valence-electron chi connectivity index (χ3n) is 4.50. The van der Waals surface area contributed by atoms with Crippen LogP contribution in [-0.2, 0) is 14.3 Å². The minimum Gasteiger partial charge on any atom is -0.497 e. The number of ether oxygens (including phenoxy) is 2. The molecule has 1 aliphatic rings. The third-order valence-corrected chi connectivity index (χ3v) is 4.50. The Morgan fingerprint density at radius 1 is 1.12 bits per heavy atom. The Bertz CT molecular complexity index is 775. The first-order valence-corrected chi connectivity index (χ1v) is 8.45. The molecule has 0 spiro atoms. The molecular formula is C20H21NO5. The van der Waals surface area contributed by atoms with Gasteiger partial charge in [-0.25, -0.2) is 0 Å². The van der Waals surface area contributed by atoms with Crippen LogP contribution in [0.5, 0.6) is 5.75 Å². The van der Waals surface area contributed by atoms with Gasteiger partial charge in [-0.05, 0) is 36.8 Å². The summed E-state index contributed by atoms with van der Waals surface area (Å²) in [7, 11) is 1.56. The normalized spacial score (nSPS) is 22.3. The molecular weight excluding hydrogens is 334 g/mol. The Morgan fingerprint density at radius 2 is 1.77 bits per heavy atom. The van der Waals surface area contributed by atoms with Crippen molar-refractivity contribution in [3.05, 3.63) is 60.2 Å². The van der Waals surface area contributed by atoms with Gasteiger partial charge in [-0.2, -0.15) is 0 Å². The van der Waals surface area contributed by atoms with Crippen LogP contribution < -0.4 is 9.64 Å². The molecule has 1 fully saturated rings. The summed E-state index contributed by atoms with van der Waals surface area (Å²) >= 11 is 0. The molecule has 6 heteroatoms. The number of esters is 1. The van der Waals surface area contributed by atoms with Crippen LogP contribution in [0.4, 0.5) is 5.69 Å². The van der Waals surface area contributed by atoms with E-state index in [9.17, 15) is 14.7 Å². The maximum Gasteiger partial charge on any atom is 0.314 e. The van der Waals surface area contributed by atoms with E-state index in [4.69, 9.17) is 9.47 Å². The van der Waals surface area contributed by atoms with Crippen LogP contribution in [0.25, 0.3) is 0 Å². The van der Waals surface area contributed by atoms with E-state index < -0.39 is 29.9 Å². The van der Waals surface area contributed by atoms with Gasteiger partial charge in [-0.1, -0.05) is 30.3 Å². The number of carbonyl (C=O) groups is 2. The van der Waals surface area contributed by atoms with Crippen molar-refractivity contribution in [2.45, 2.75) is 19.1 Å². The van der Waals surface area contributed by atoms with Gasteiger partial charge in [0.2, 0.25) is 0 Å². The number of hydrogen-bond donors (Lipinski definition) is 1. The second-order valence-electron chi connectivity index (χ2n) is 5.98. The van der Waals surface area contributed by atoms with E-state index >= 15 is 0 Å². The molecule has 0 radical (unpaired) electrons. The minimum absolute atomic E-state index is 0.181. The predicted octanol–water partition coefficient (Wildman–Crippen LogP) is 2.32. The zero-order chi connectivity index (χ0) is 18.7. The largest absolute Gasteiger partial charge is 0.497 e. The molecule has 1 saturated heterocycles. The zero-order valence-electron chi connectivity index (χ0n) is 14.7. The van der Waals surface area contributed by atoms with Gasteiger partial charge in [-0.3, -0.25) is 9.59 Å². The van der Waals surface area contributed by atoms with E-state index in [0.29, 0.717) is 11.4 Å². The van der Waals surface area contributed by atoms with E-state index in [1.807, 2.05) is 30.3 Å². The van der Waals surface area contributed by atoms with Gasteiger partial charge in [-0.15, -0.1) is 0 Å². The Labute approximate surface area is 152 Å². The lowest BCUT2D eigenvalue weighted by molar-refractivity contribution is -0.153. The van der Waals surface area contributed by atoms with Crippen molar-refractivity contribution in [2.24, 2.45) is 5.92 Å². The van der Waals surface area contributed by atoms with Crippen molar-refractivity contribution in [1.29, 1.82) is 0 Å². The summed E-state index contributed by atoms with van der Waals surface area (Å²) in [5.41, 5.74) is 1.33. The summed E-state index contributed by atoms with van der Waals surface area (Å²) in [6.45, 7) is 1.88. The van der Waals surface area contributed by atoms with E-state index in [2.05, 4.69) is 0 Å². The van der Waals surface area contributed by atoms with Gasteiger partial charge in [0.05, 0.1) is 19.8 Å². The number of carbonyl (C=O) groups excluding carboxylic acids is 2. The second-order valence-corrected chi connectivity index (χ2v) is 5.98. The van der Waals surface area contributed by atoms with Gasteiger partial charge in [0.1, 0.15) is 17.8 Å². The minimum atomic E-state index is -1.46. The molecule has 2 aromatic rings. The van der Waals surface area contributed by atoms with Crippen LogP contribution in [0, 0.1) is 5.92 Å². The maximum atomic E-state index is 12.8. The van der Waals surface area contributed by atoms with Crippen LogP contribution >= 0.6 is 0 Å². The number of benzene rings is 2. The number of anilines is 1. The van der Waals surface area contributed by atoms with Crippen molar-refractivity contribution in [1.82, 2.24) is 0 Å². The highest BCUT2D eigenvalue weighted by Gasteiger charge is 2.53. The highest BCUT2D eigenvalue weighted by molar-refractivity contribution is 6.04. The van der Waals surface area contributed by atoms with Crippen molar-refractivity contribution < 1.29 is 24.2 Å². The topological polar surface area (TPSA) is 76.1 Å². The van der Waals surface area contributed by atoms with Crippen LogP contribution in [0.15, 0.2) is 54.6 Å². The van der Waals surface area contributed by atoms with Crippen LogP contribution in [0.2, 0.25) is 0 Å². The highest BCUT2D eigenvalue weighted by atomic mass is 16.5. The van der Waals surface area contributed by atoms with Crippen molar-refractivity contribution >= 4 is 17.6 Å². The van der Waals surface area contributed by atoms with E-state index in [1.54, 1.807) is 38.3 Å². The molecule has 3 atom stereocenters. The monoisotopic (exact) mass is 355 g/mol. The molecule has 2 aromatic carbocycles. The summed E-state index contributed by atoms with van der Waals surface area (Å²) in [5.74, 6) is -1.45. The highest BCUT2D eigenvalue weighted by Crippen LogP contribution is 2.42. The number of aliphatic hydroxyl groups excluding tert-OH is 1. The van der Waals surface area contributed by atoms with E-state index in [0.717, 1.165) is 5.56 Å². The molecule has 6 nitrogen and oxygen atoms in total.